The van der Waals surface area contributed by atoms with E-state index in [1.807, 2.05) is 13.0 Å². The van der Waals surface area contributed by atoms with Crippen LogP contribution in [0, 0.1) is 6.92 Å². The third-order valence-electron chi connectivity index (χ3n) is 3.96. The van der Waals surface area contributed by atoms with Crippen LogP contribution in [0.15, 0.2) is 24.3 Å². The van der Waals surface area contributed by atoms with Crippen LogP contribution in [0.1, 0.15) is 36.9 Å². The fourth-order valence-electron chi connectivity index (χ4n) is 2.93. The molecule has 106 valence electrons. The number of hydrogen-bond acceptors (Lipinski definition) is 1. The van der Waals surface area contributed by atoms with Gasteiger partial charge in [-0.15, -0.1) is 0 Å². The van der Waals surface area contributed by atoms with Crippen molar-refractivity contribution in [1.29, 1.82) is 0 Å². The lowest BCUT2D eigenvalue weighted by Crippen LogP contribution is -2.40. The van der Waals surface area contributed by atoms with Gasteiger partial charge >= 0.3 is 6.03 Å². The molecule has 0 bridgehead atoms. The van der Waals surface area contributed by atoms with E-state index in [1.165, 1.54) is 18.2 Å². The van der Waals surface area contributed by atoms with Gasteiger partial charge in [-0.1, -0.05) is 18.9 Å². The number of rotatable bonds is 3. The van der Waals surface area contributed by atoms with Gasteiger partial charge in [-0.3, -0.25) is 0 Å². The molecule has 1 aromatic carbocycles. The topological polar surface area (TPSA) is 56.9 Å². The Kier molecular flexibility index (Phi) is 3.63. The number of aryl methyl sites for hydroxylation is 1. The molecule has 0 radical (unpaired) electrons. The van der Waals surface area contributed by atoms with Gasteiger partial charge in [-0.2, -0.15) is 0 Å². The number of H-pyrrole nitrogens is 1. The Morgan fingerprint density at radius 1 is 1.30 bits per heavy atom. The largest absolute Gasteiger partial charge is 0.359 e. The van der Waals surface area contributed by atoms with Gasteiger partial charge in [0.1, 0.15) is 0 Å². The zero-order chi connectivity index (χ0) is 13.9. The summed E-state index contributed by atoms with van der Waals surface area (Å²) in [6.07, 6.45) is 4.69. The van der Waals surface area contributed by atoms with E-state index in [-0.39, 0.29) is 6.03 Å². The molecule has 0 unspecified atom stereocenters. The molecule has 0 saturated heterocycles. The Hall–Kier alpha value is -1.97. The molecule has 1 saturated carbocycles. The molecule has 2 aromatic rings. The lowest BCUT2D eigenvalue weighted by Gasteiger charge is -2.13. The van der Waals surface area contributed by atoms with Crippen molar-refractivity contribution < 1.29 is 4.79 Å². The molecule has 4 nitrogen and oxygen atoms in total. The summed E-state index contributed by atoms with van der Waals surface area (Å²) >= 11 is 0. The maximum absolute atomic E-state index is 11.8. The fourth-order valence-corrected chi connectivity index (χ4v) is 2.93. The number of nitrogens with one attached hydrogen (secondary N) is 3. The number of benzene rings is 1. The minimum Gasteiger partial charge on any atom is -0.359 e. The molecule has 0 aliphatic heterocycles. The average Bonchev–Trinajstić information content (AvgIpc) is 3.04. The van der Waals surface area contributed by atoms with Crippen LogP contribution in [0.4, 0.5) is 4.79 Å². The van der Waals surface area contributed by atoms with Crippen LogP contribution in [0.2, 0.25) is 0 Å². The number of hydrogen-bond donors (Lipinski definition) is 3. The summed E-state index contributed by atoms with van der Waals surface area (Å²) in [6, 6.07) is 8.67. The molecular weight excluding hydrogens is 250 g/mol. The molecule has 20 heavy (non-hydrogen) atoms. The summed E-state index contributed by atoms with van der Waals surface area (Å²) < 4.78 is 0. The van der Waals surface area contributed by atoms with E-state index in [9.17, 15) is 4.79 Å². The first-order valence-corrected chi connectivity index (χ1v) is 7.33. The molecule has 1 heterocycles. The van der Waals surface area contributed by atoms with Crippen LogP contribution >= 0.6 is 0 Å². The second-order valence-electron chi connectivity index (χ2n) is 5.68. The second-order valence-corrected chi connectivity index (χ2v) is 5.68. The van der Waals surface area contributed by atoms with E-state index < -0.39 is 0 Å². The normalized spacial score (nSPS) is 15.7. The molecule has 1 aromatic heterocycles. The monoisotopic (exact) mass is 271 g/mol. The third-order valence-corrected chi connectivity index (χ3v) is 3.96. The van der Waals surface area contributed by atoms with Crippen molar-refractivity contribution >= 4 is 16.9 Å². The SMILES string of the molecule is Cc1cc2cc(CNC(=O)NC3CCCC3)ccc2[nH]1. The van der Waals surface area contributed by atoms with E-state index >= 15 is 0 Å². The smallest absolute Gasteiger partial charge is 0.315 e. The van der Waals surface area contributed by atoms with Crippen molar-refractivity contribution in [3.63, 3.8) is 0 Å². The number of carbonyl (C=O) groups excluding carboxylic acids is 1. The third kappa shape index (κ3) is 2.95. The highest BCUT2D eigenvalue weighted by Crippen LogP contribution is 2.18. The van der Waals surface area contributed by atoms with Gasteiger partial charge in [0.15, 0.2) is 0 Å². The zero-order valence-electron chi connectivity index (χ0n) is 11.8. The highest BCUT2D eigenvalue weighted by atomic mass is 16.2. The minimum atomic E-state index is -0.0535. The number of aromatic nitrogens is 1. The predicted molar refractivity (Wildman–Crippen MR) is 80.7 cm³/mol. The highest BCUT2D eigenvalue weighted by Gasteiger charge is 2.16. The minimum absolute atomic E-state index is 0.0535. The van der Waals surface area contributed by atoms with Crippen LogP contribution in [0.25, 0.3) is 10.9 Å². The number of amides is 2. The van der Waals surface area contributed by atoms with E-state index in [0.29, 0.717) is 12.6 Å². The van der Waals surface area contributed by atoms with Gasteiger partial charge in [0, 0.05) is 23.8 Å². The maximum Gasteiger partial charge on any atom is 0.315 e. The first kappa shape index (κ1) is 13.0. The van der Waals surface area contributed by atoms with Crippen LogP contribution < -0.4 is 10.6 Å². The summed E-state index contributed by atoms with van der Waals surface area (Å²) in [5.74, 6) is 0. The van der Waals surface area contributed by atoms with Crippen LogP contribution in [0.3, 0.4) is 0 Å². The number of carbonyl (C=O) groups is 1. The first-order chi connectivity index (χ1) is 9.70. The molecule has 3 rings (SSSR count). The Labute approximate surface area is 118 Å². The average molecular weight is 271 g/mol. The predicted octanol–water partition coefficient (Wildman–Crippen LogP) is 3.22. The summed E-state index contributed by atoms with van der Waals surface area (Å²) in [4.78, 5) is 15.1. The standard InChI is InChI=1S/C16H21N3O/c1-11-8-13-9-12(6-7-15(13)18-11)10-17-16(20)19-14-4-2-3-5-14/h6-9,14,18H,2-5,10H2,1H3,(H2,17,19,20). The Balaban J connectivity index is 1.57. The molecule has 2 amide bonds. The van der Waals surface area contributed by atoms with Gasteiger partial charge in [0.25, 0.3) is 0 Å². The van der Waals surface area contributed by atoms with Crippen molar-refractivity contribution in [3.05, 3.63) is 35.5 Å². The van der Waals surface area contributed by atoms with Crippen LogP contribution in [0.5, 0.6) is 0 Å². The Morgan fingerprint density at radius 3 is 2.90 bits per heavy atom. The lowest BCUT2D eigenvalue weighted by molar-refractivity contribution is 0.236. The van der Waals surface area contributed by atoms with Crippen molar-refractivity contribution in [2.45, 2.75) is 45.2 Å². The van der Waals surface area contributed by atoms with Gasteiger partial charge in [-0.25, -0.2) is 4.79 Å². The van der Waals surface area contributed by atoms with Crippen molar-refractivity contribution in [2.75, 3.05) is 0 Å². The summed E-state index contributed by atoms with van der Waals surface area (Å²) in [6.45, 7) is 2.62. The first-order valence-electron chi connectivity index (χ1n) is 7.33. The molecule has 1 aliphatic carbocycles. The van der Waals surface area contributed by atoms with Crippen LogP contribution in [-0.2, 0) is 6.54 Å². The second kappa shape index (κ2) is 5.57. The van der Waals surface area contributed by atoms with Crippen molar-refractivity contribution in [3.8, 4) is 0 Å². The fraction of sp³-hybridized carbons (Fsp3) is 0.438. The number of aromatic amines is 1. The molecule has 0 spiro atoms. The van der Waals surface area contributed by atoms with Crippen molar-refractivity contribution in [1.82, 2.24) is 15.6 Å². The number of urea groups is 1. The van der Waals surface area contributed by atoms with E-state index in [1.54, 1.807) is 0 Å². The summed E-state index contributed by atoms with van der Waals surface area (Å²) in [5.41, 5.74) is 3.42. The van der Waals surface area contributed by atoms with Gasteiger partial charge in [0.05, 0.1) is 0 Å². The molecule has 0 atom stereocenters. The molecule has 3 N–H and O–H groups in total. The van der Waals surface area contributed by atoms with E-state index in [4.69, 9.17) is 0 Å². The maximum atomic E-state index is 11.8. The number of fused-ring (bicyclic) bond motifs is 1. The quantitative estimate of drug-likeness (QED) is 0.788. The van der Waals surface area contributed by atoms with Crippen molar-refractivity contribution in [2.24, 2.45) is 0 Å². The summed E-state index contributed by atoms with van der Waals surface area (Å²) in [5, 5.41) is 7.16. The van der Waals surface area contributed by atoms with Crippen LogP contribution in [-0.4, -0.2) is 17.1 Å². The lowest BCUT2D eigenvalue weighted by atomic mass is 10.1. The van der Waals surface area contributed by atoms with E-state index in [0.717, 1.165) is 29.6 Å². The van der Waals surface area contributed by atoms with Gasteiger partial charge in [0.2, 0.25) is 0 Å². The highest BCUT2D eigenvalue weighted by molar-refractivity contribution is 5.81. The van der Waals surface area contributed by atoms with Gasteiger partial charge < -0.3 is 15.6 Å². The van der Waals surface area contributed by atoms with Gasteiger partial charge in [-0.05, 0) is 48.9 Å². The molecule has 4 heteroatoms. The summed E-state index contributed by atoms with van der Waals surface area (Å²) in [7, 11) is 0. The van der Waals surface area contributed by atoms with E-state index in [2.05, 4.69) is 33.8 Å². The molecule has 1 aliphatic rings. The Morgan fingerprint density at radius 2 is 2.10 bits per heavy atom. The zero-order valence-corrected chi connectivity index (χ0v) is 11.8. The Bertz CT molecular complexity index is 611. The molecular formula is C16H21N3O. The molecule has 1 fully saturated rings.